The van der Waals surface area contributed by atoms with Gasteiger partial charge in [-0.25, -0.2) is 9.97 Å². The molecule has 10 heteroatoms. The van der Waals surface area contributed by atoms with Crippen LogP contribution in [0.4, 0.5) is 0 Å². The summed E-state index contributed by atoms with van der Waals surface area (Å²) in [6.07, 6.45) is 39.7. The highest BCUT2D eigenvalue weighted by Crippen LogP contribution is 2.45. The summed E-state index contributed by atoms with van der Waals surface area (Å²) < 4.78 is 50.4. The summed E-state index contributed by atoms with van der Waals surface area (Å²) in [5.41, 5.74) is 2.96. The SMILES string of the molecule is CCCCCCCCCCOc1cc2c3cc(OCCCCCCCCCC)c(OCCCCCCCCCC)cc3c3nc4cc(OCCOC)c(OCCOC)cc4nc3c2cc1OCCCCCCCCCC. The van der Waals surface area contributed by atoms with Crippen molar-refractivity contribution >= 4 is 43.6 Å². The first-order valence-corrected chi connectivity index (χ1v) is 31.0. The van der Waals surface area contributed by atoms with Gasteiger partial charge in [0.25, 0.3) is 0 Å². The Balaban J connectivity index is 1.60. The van der Waals surface area contributed by atoms with Crippen LogP contribution in [0.1, 0.15) is 233 Å². The van der Waals surface area contributed by atoms with Crippen LogP contribution in [0.5, 0.6) is 34.5 Å². The van der Waals surface area contributed by atoms with Crippen LogP contribution in [0.25, 0.3) is 43.6 Å². The van der Waals surface area contributed by atoms with Crippen molar-refractivity contribution < 1.29 is 37.9 Å². The molecule has 0 radical (unpaired) electrons. The third-order valence-electron chi connectivity index (χ3n) is 14.8. The summed E-state index contributed by atoms with van der Waals surface area (Å²) in [5, 5.41) is 3.94. The Morgan fingerprint density at radius 2 is 0.474 bits per heavy atom. The Labute approximate surface area is 460 Å². The van der Waals surface area contributed by atoms with Gasteiger partial charge in [-0.3, -0.25) is 0 Å². The molecular weight excluding hydrogens is 949 g/mol. The van der Waals surface area contributed by atoms with Crippen molar-refractivity contribution in [3.8, 4) is 34.5 Å². The molecule has 0 saturated carbocycles. The quantitative estimate of drug-likeness (QED) is 0.0213. The molecule has 426 valence electrons. The summed E-state index contributed by atoms with van der Waals surface area (Å²) >= 11 is 0. The molecule has 0 aliphatic heterocycles. The van der Waals surface area contributed by atoms with Gasteiger partial charge in [0.2, 0.25) is 0 Å². The number of rotatable bonds is 48. The fourth-order valence-corrected chi connectivity index (χ4v) is 10.2. The second-order valence-electron chi connectivity index (χ2n) is 21.4. The molecular formula is C66H104N2O8. The lowest BCUT2D eigenvalue weighted by molar-refractivity contribution is 0.132. The highest BCUT2D eigenvalue weighted by Gasteiger charge is 2.21. The lowest BCUT2D eigenvalue weighted by Gasteiger charge is -2.19. The van der Waals surface area contributed by atoms with Gasteiger partial charge < -0.3 is 37.9 Å². The molecule has 5 rings (SSSR count). The second-order valence-corrected chi connectivity index (χ2v) is 21.4. The molecule has 0 N–H and O–H groups in total. The smallest absolute Gasteiger partial charge is 0.163 e. The maximum Gasteiger partial charge on any atom is 0.163 e. The Morgan fingerprint density at radius 1 is 0.250 bits per heavy atom. The van der Waals surface area contributed by atoms with E-state index >= 15 is 0 Å². The van der Waals surface area contributed by atoms with E-state index in [4.69, 9.17) is 47.9 Å². The zero-order chi connectivity index (χ0) is 53.7. The van der Waals surface area contributed by atoms with Gasteiger partial charge in [0.1, 0.15) is 13.2 Å². The maximum absolute atomic E-state index is 6.80. The van der Waals surface area contributed by atoms with Crippen LogP contribution >= 0.6 is 0 Å². The average molecular weight is 1050 g/mol. The van der Waals surface area contributed by atoms with Gasteiger partial charge in [-0.05, 0) is 60.7 Å². The van der Waals surface area contributed by atoms with Crippen LogP contribution < -0.4 is 28.4 Å². The van der Waals surface area contributed by atoms with E-state index < -0.39 is 0 Å². The number of benzene rings is 4. The van der Waals surface area contributed by atoms with Gasteiger partial charge in [0.05, 0.1) is 61.7 Å². The normalized spacial score (nSPS) is 11.7. The van der Waals surface area contributed by atoms with Crippen LogP contribution in [-0.2, 0) is 9.47 Å². The number of unbranched alkanes of at least 4 members (excludes halogenated alkanes) is 28. The molecule has 0 saturated heterocycles. The lowest BCUT2D eigenvalue weighted by atomic mass is 9.97. The highest BCUT2D eigenvalue weighted by molar-refractivity contribution is 6.25. The van der Waals surface area contributed by atoms with E-state index in [0.717, 1.165) is 107 Å². The Bertz CT molecular complexity index is 2160. The fourth-order valence-electron chi connectivity index (χ4n) is 10.2. The molecule has 0 spiro atoms. The molecule has 4 aromatic carbocycles. The lowest BCUT2D eigenvalue weighted by Crippen LogP contribution is -2.09. The number of aromatic nitrogens is 2. The van der Waals surface area contributed by atoms with E-state index in [2.05, 4.69) is 52.0 Å². The van der Waals surface area contributed by atoms with Crippen LogP contribution in [0.3, 0.4) is 0 Å². The Morgan fingerprint density at radius 3 is 0.737 bits per heavy atom. The third-order valence-corrected chi connectivity index (χ3v) is 14.8. The molecule has 1 aromatic heterocycles. The van der Waals surface area contributed by atoms with E-state index in [0.29, 0.717) is 75.4 Å². The van der Waals surface area contributed by atoms with E-state index in [1.807, 2.05) is 12.1 Å². The van der Waals surface area contributed by atoms with Crippen molar-refractivity contribution in [1.82, 2.24) is 9.97 Å². The monoisotopic (exact) mass is 1050 g/mol. The van der Waals surface area contributed by atoms with E-state index in [1.54, 1.807) is 14.2 Å². The standard InChI is InChI=1S/C66H104N2O8/c1-7-11-15-19-23-27-31-35-39-71-59-47-53-54-48-60(72-40-36-32-28-24-20-16-12-8-2)62(74-42-38-34-30-26-22-18-14-10-4)50-56(54)66-65(55(53)49-61(59)73-41-37-33-29-25-21-17-13-9-3)67-57-51-63(75-45-43-69-5)64(52-58(57)68-66)76-46-44-70-6/h47-52H,7-46H2,1-6H3. The molecule has 10 nitrogen and oxygen atoms in total. The Hall–Kier alpha value is -4.28. The zero-order valence-electron chi connectivity index (χ0n) is 48.9. The number of hydrogen-bond donors (Lipinski definition) is 0. The van der Waals surface area contributed by atoms with Crippen molar-refractivity contribution in [2.45, 2.75) is 233 Å². The number of fused-ring (bicyclic) bond motifs is 7. The van der Waals surface area contributed by atoms with Gasteiger partial charge in [-0.2, -0.15) is 0 Å². The minimum atomic E-state index is 0.365. The summed E-state index contributed by atoms with van der Waals surface area (Å²) in [7, 11) is 3.35. The maximum atomic E-state index is 6.80. The summed E-state index contributed by atoms with van der Waals surface area (Å²) in [4.78, 5) is 11.0. The fraction of sp³-hybridized carbons (Fsp3) is 0.697. The van der Waals surface area contributed by atoms with Gasteiger partial charge in [-0.1, -0.05) is 207 Å². The van der Waals surface area contributed by atoms with Crippen LogP contribution in [-0.4, -0.2) is 77.0 Å². The van der Waals surface area contributed by atoms with Crippen molar-refractivity contribution in [3.63, 3.8) is 0 Å². The molecule has 1 heterocycles. The first-order chi connectivity index (χ1) is 37.6. The molecule has 0 bridgehead atoms. The zero-order valence-corrected chi connectivity index (χ0v) is 48.9. The Kier molecular flexibility index (Phi) is 32.2. The minimum Gasteiger partial charge on any atom is -0.490 e. The summed E-state index contributed by atoms with van der Waals surface area (Å²) in [6, 6.07) is 12.6. The predicted molar refractivity (Wildman–Crippen MR) is 319 cm³/mol. The van der Waals surface area contributed by atoms with Gasteiger partial charge in [0, 0.05) is 37.1 Å². The van der Waals surface area contributed by atoms with Crippen molar-refractivity contribution in [1.29, 1.82) is 0 Å². The van der Waals surface area contributed by atoms with Gasteiger partial charge in [0.15, 0.2) is 34.5 Å². The van der Waals surface area contributed by atoms with Crippen LogP contribution in [0, 0.1) is 0 Å². The predicted octanol–water partition coefficient (Wildman–Crippen LogP) is 19.2. The molecule has 76 heavy (non-hydrogen) atoms. The van der Waals surface area contributed by atoms with Crippen molar-refractivity contribution in [2.24, 2.45) is 0 Å². The van der Waals surface area contributed by atoms with Crippen molar-refractivity contribution in [2.75, 3.05) is 67.1 Å². The van der Waals surface area contributed by atoms with Gasteiger partial charge >= 0.3 is 0 Å². The summed E-state index contributed by atoms with van der Waals surface area (Å²) in [6.45, 7) is 13.2. The molecule has 0 fully saturated rings. The number of hydrogen-bond acceptors (Lipinski definition) is 10. The minimum absolute atomic E-state index is 0.365. The second kappa shape index (κ2) is 39.1. The molecule has 0 aliphatic rings. The molecule has 0 aliphatic carbocycles. The number of nitrogens with zero attached hydrogens (tertiary/aromatic N) is 2. The van der Waals surface area contributed by atoms with E-state index in [9.17, 15) is 0 Å². The molecule has 0 atom stereocenters. The average Bonchev–Trinajstić information content (AvgIpc) is 3.43. The topological polar surface area (TPSA) is 99.6 Å². The first-order valence-electron chi connectivity index (χ1n) is 31.0. The molecule has 0 unspecified atom stereocenters. The van der Waals surface area contributed by atoms with E-state index in [-0.39, 0.29) is 0 Å². The number of ether oxygens (including phenoxy) is 8. The van der Waals surface area contributed by atoms with Crippen LogP contribution in [0.2, 0.25) is 0 Å². The van der Waals surface area contributed by atoms with Crippen LogP contribution in [0.15, 0.2) is 36.4 Å². The molecule has 0 amide bonds. The van der Waals surface area contributed by atoms with Crippen molar-refractivity contribution in [3.05, 3.63) is 36.4 Å². The summed E-state index contributed by atoms with van der Waals surface area (Å²) in [5.74, 6) is 4.21. The van der Waals surface area contributed by atoms with E-state index in [1.165, 1.54) is 154 Å². The van der Waals surface area contributed by atoms with Gasteiger partial charge in [-0.15, -0.1) is 0 Å². The third kappa shape index (κ3) is 22.2. The largest absolute Gasteiger partial charge is 0.490 e. The number of methoxy groups -OCH3 is 2. The first kappa shape index (κ1) is 62.6. The highest BCUT2D eigenvalue weighted by atomic mass is 16.6. The molecule has 5 aromatic rings.